The highest BCUT2D eigenvalue weighted by Crippen LogP contribution is 2.27. The molecule has 2 aromatic carbocycles. The van der Waals surface area contributed by atoms with Crippen molar-refractivity contribution < 1.29 is 14.2 Å². The van der Waals surface area contributed by atoms with Crippen LogP contribution in [0.2, 0.25) is 0 Å². The lowest BCUT2D eigenvalue weighted by Crippen LogP contribution is -2.38. The predicted molar refractivity (Wildman–Crippen MR) is 132 cm³/mol. The van der Waals surface area contributed by atoms with Gasteiger partial charge in [-0.25, -0.2) is 10.4 Å². The fourth-order valence-electron chi connectivity index (χ4n) is 3.60. The zero-order valence-electron chi connectivity index (χ0n) is 19.4. The number of hydrogen-bond donors (Lipinski definition) is 2. The lowest BCUT2D eigenvalue weighted by atomic mass is 10.1. The van der Waals surface area contributed by atoms with Crippen molar-refractivity contribution in [2.24, 2.45) is 5.10 Å². The standard InChI is InChI=1S/C25H26N6O4/c1-33-21-8-7-18(15-22(21)35-14-11-31-9-12-34-13-10-31)17-27-30-25-28-23(19-5-3-2-4-6-19)20(16-26)24(32)29-25/h2-8,15,17H,9-14H2,1H3,(H2,28,29,30,32). The summed E-state index contributed by atoms with van der Waals surface area (Å²) in [6.45, 7) is 4.61. The number of morpholine rings is 1. The average molecular weight is 475 g/mol. The Morgan fingerprint density at radius 1 is 1.23 bits per heavy atom. The van der Waals surface area contributed by atoms with Crippen molar-refractivity contribution in [3.8, 4) is 28.8 Å². The summed E-state index contributed by atoms with van der Waals surface area (Å²) in [7, 11) is 1.59. The van der Waals surface area contributed by atoms with Gasteiger partial charge in [0.25, 0.3) is 5.56 Å². The summed E-state index contributed by atoms with van der Waals surface area (Å²) in [5.74, 6) is 1.36. The monoisotopic (exact) mass is 474 g/mol. The molecule has 0 bridgehead atoms. The van der Waals surface area contributed by atoms with Crippen LogP contribution in [0.15, 0.2) is 58.4 Å². The van der Waals surface area contributed by atoms with Crippen molar-refractivity contribution in [3.63, 3.8) is 0 Å². The summed E-state index contributed by atoms with van der Waals surface area (Å²) in [4.78, 5) is 21.6. The summed E-state index contributed by atoms with van der Waals surface area (Å²) in [5.41, 5.74) is 3.85. The van der Waals surface area contributed by atoms with Gasteiger partial charge in [-0.05, 0) is 23.8 Å². The van der Waals surface area contributed by atoms with E-state index in [1.165, 1.54) is 0 Å². The predicted octanol–water partition coefficient (Wildman–Crippen LogP) is 2.47. The van der Waals surface area contributed by atoms with Crippen molar-refractivity contribution in [1.29, 1.82) is 5.26 Å². The molecule has 2 heterocycles. The van der Waals surface area contributed by atoms with Gasteiger partial charge in [0, 0.05) is 25.2 Å². The minimum atomic E-state index is -0.542. The molecule has 180 valence electrons. The van der Waals surface area contributed by atoms with Crippen LogP contribution in [-0.4, -0.2) is 67.6 Å². The normalized spacial score (nSPS) is 13.9. The SMILES string of the molecule is COc1ccc(C=NNc2nc(-c3ccccc3)c(C#N)c(=O)[nH]2)cc1OCCN1CCOCC1. The molecule has 1 fully saturated rings. The Kier molecular flexibility index (Phi) is 8.06. The van der Waals surface area contributed by atoms with Crippen molar-refractivity contribution in [1.82, 2.24) is 14.9 Å². The number of hydrogen-bond acceptors (Lipinski definition) is 9. The minimum absolute atomic E-state index is 0.0558. The molecule has 2 N–H and O–H groups in total. The van der Waals surface area contributed by atoms with Crippen LogP contribution in [0.1, 0.15) is 11.1 Å². The van der Waals surface area contributed by atoms with E-state index in [2.05, 4.69) is 25.4 Å². The van der Waals surface area contributed by atoms with Crippen LogP contribution in [0.5, 0.6) is 11.5 Å². The molecule has 35 heavy (non-hydrogen) atoms. The van der Waals surface area contributed by atoms with Crippen molar-refractivity contribution in [3.05, 3.63) is 70.0 Å². The highest BCUT2D eigenvalue weighted by atomic mass is 16.5. The van der Waals surface area contributed by atoms with Gasteiger partial charge in [-0.3, -0.25) is 14.7 Å². The zero-order valence-corrected chi connectivity index (χ0v) is 19.4. The zero-order chi connectivity index (χ0) is 24.5. The number of ether oxygens (including phenoxy) is 3. The molecule has 0 amide bonds. The largest absolute Gasteiger partial charge is 0.493 e. The molecule has 0 spiro atoms. The van der Waals surface area contributed by atoms with Crippen LogP contribution < -0.4 is 20.5 Å². The number of methoxy groups -OCH3 is 1. The summed E-state index contributed by atoms with van der Waals surface area (Å²) < 4.78 is 16.7. The number of aromatic nitrogens is 2. The third kappa shape index (κ3) is 6.23. The molecule has 0 unspecified atom stereocenters. The second-order valence-electron chi connectivity index (χ2n) is 7.70. The Bertz CT molecular complexity index is 1260. The molecular weight excluding hydrogens is 448 g/mol. The van der Waals surface area contributed by atoms with E-state index in [0.29, 0.717) is 23.7 Å². The molecule has 3 aromatic rings. The van der Waals surface area contributed by atoms with Gasteiger partial charge in [0.15, 0.2) is 11.5 Å². The van der Waals surface area contributed by atoms with Crippen LogP contribution in [0, 0.1) is 11.3 Å². The van der Waals surface area contributed by atoms with E-state index in [1.807, 2.05) is 36.4 Å². The number of benzene rings is 2. The average Bonchev–Trinajstić information content (AvgIpc) is 2.90. The van der Waals surface area contributed by atoms with Crippen LogP contribution in [0.25, 0.3) is 11.3 Å². The maximum Gasteiger partial charge on any atom is 0.270 e. The molecule has 0 radical (unpaired) electrons. The van der Waals surface area contributed by atoms with Crippen molar-refractivity contribution in [2.45, 2.75) is 0 Å². The van der Waals surface area contributed by atoms with Gasteiger partial charge >= 0.3 is 0 Å². The molecule has 0 saturated carbocycles. The number of anilines is 1. The number of hydrazone groups is 1. The van der Waals surface area contributed by atoms with Gasteiger partial charge in [0.05, 0.1) is 32.2 Å². The molecule has 4 rings (SSSR count). The first-order valence-corrected chi connectivity index (χ1v) is 11.2. The third-order valence-corrected chi connectivity index (χ3v) is 5.42. The van der Waals surface area contributed by atoms with E-state index in [0.717, 1.165) is 38.4 Å². The molecule has 0 atom stereocenters. The van der Waals surface area contributed by atoms with E-state index >= 15 is 0 Å². The summed E-state index contributed by atoms with van der Waals surface area (Å²) in [6, 6.07) is 16.4. The van der Waals surface area contributed by atoms with Gasteiger partial charge in [-0.1, -0.05) is 30.3 Å². The number of H-pyrrole nitrogens is 1. The van der Waals surface area contributed by atoms with Crippen molar-refractivity contribution >= 4 is 12.2 Å². The first-order chi connectivity index (χ1) is 17.2. The summed E-state index contributed by atoms with van der Waals surface area (Å²) in [6.07, 6.45) is 1.58. The number of rotatable bonds is 9. The van der Waals surface area contributed by atoms with Gasteiger partial charge in [-0.2, -0.15) is 10.4 Å². The molecule has 1 aliphatic heterocycles. The summed E-state index contributed by atoms with van der Waals surface area (Å²) >= 11 is 0. The number of nitrogens with zero attached hydrogens (tertiary/aromatic N) is 4. The Morgan fingerprint density at radius 3 is 2.77 bits per heavy atom. The van der Waals surface area contributed by atoms with Crippen LogP contribution >= 0.6 is 0 Å². The Hall–Kier alpha value is -4.20. The molecule has 1 saturated heterocycles. The van der Waals surface area contributed by atoms with Crippen LogP contribution in [-0.2, 0) is 4.74 Å². The van der Waals surface area contributed by atoms with Crippen LogP contribution in [0.4, 0.5) is 5.95 Å². The first kappa shape index (κ1) is 23.9. The smallest absolute Gasteiger partial charge is 0.270 e. The lowest BCUT2D eigenvalue weighted by molar-refractivity contribution is 0.0321. The molecule has 0 aliphatic carbocycles. The van der Waals surface area contributed by atoms with E-state index in [4.69, 9.17) is 14.2 Å². The lowest BCUT2D eigenvalue weighted by Gasteiger charge is -2.26. The van der Waals surface area contributed by atoms with Gasteiger partial charge in [0.1, 0.15) is 18.2 Å². The van der Waals surface area contributed by atoms with E-state index in [-0.39, 0.29) is 17.2 Å². The number of aromatic amines is 1. The quantitative estimate of drug-likeness (QED) is 0.358. The Morgan fingerprint density at radius 2 is 2.03 bits per heavy atom. The highest BCUT2D eigenvalue weighted by molar-refractivity contribution is 5.81. The van der Waals surface area contributed by atoms with Crippen molar-refractivity contribution in [2.75, 3.05) is 52.0 Å². The van der Waals surface area contributed by atoms with Gasteiger partial charge in [-0.15, -0.1) is 0 Å². The molecule has 1 aliphatic rings. The number of nitriles is 1. The Labute approximate surface area is 202 Å². The minimum Gasteiger partial charge on any atom is -0.493 e. The third-order valence-electron chi connectivity index (χ3n) is 5.42. The summed E-state index contributed by atoms with van der Waals surface area (Å²) in [5, 5.41) is 13.6. The number of nitrogens with one attached hydrogen (secondary N) is 2. The van der Waals surface area contributed by atoms with E-state index in [1.54, 1.807) is 31.5 Å². The second kappa shape index (κ2) is 11.8. The maximum atomic E-state index is 12.4. The fraction of sp³-hybridized carbons (Fsp3) is 0.280. The molecule has 10 heteroatoms. The highest BCUT2D eigenvalue weighted by Gasteiger charge is 2.13. The van der Waals surface area contributed by atoms with Gasteiger partial charge in [0.2, 0.25) is 5.95 Å². The topological polar surface area (TPSA) is 125 Å². The fourth-order valence-corrected chi connectivity index (χ4v) is 3.60. The molecular formula is C25H26N6O4. The second-order valence-corrected chi connectivity index (χ2v) is 7.70. The van der Waals surface area contributed by atoms with E-state index in [9.17, 15) is 10.1 Å². The van der Waals surface area contributed by atoms with E-state index < -0.39 is 5.56 Å². The molecule has 10 nitrogen and oxygen atoms in total. The molecule has 1 aromatic heterocycles. The Balaban J connectivity index is 1.45. The van der Waals surface area contributed by atoms with Crippen LogP contribution in [0.3, 0.4) is 0 Å². The maximum absolute atomic E-state index is 12.4. The van der Waals surface area contributed by atoms with Gasteiger partial charge < -0.3 is 14.2 Å². The first-order valence-electron chi connectivity index (χ1n) is 11.2.